The molecule has 1 aliphatic heterocycles. The van der Waals surface area contributed by atoms with Crippen molar-refractivity contribution in [1.82, 2.24) is 5.32 Å². The van der Waals surface area contributed by atoms with Gasteiger partial charge in [0.1, 0.15) is 0 Å². The summed E-state index contributed by atoms with van der Waals surface area (Å²) in [5, 5.41) is 2.99. The Bertz CT molecular complexity index is 809. The van der Waals surface area contributed by atoms with Crippen molar-refractivity contribution < 1.29 is 22.7 Å². The van der Waals surface area contributed by atoms with Crippen molar-refractivity contribution in [3.05, 3.63) is 70.8 Å². The van der Waals surface area contributed by atoms with Crippen LogP contribution in [0.1, 0.15) is 35.1 Å². The van der Waals surface area contributed by atoms with Crippen molar-refractivity contribution in [2.24, 2.45) is 0 Å². The Morgan fingerprint density at radius 2 is 1.79 bits per heavy atom. The van der Waals surface area contributed by atoms with Crippen LogP contribution in [0.15, 0.2) is 48.5 Å². The van der Waals surface area contributed by atoms with E-state index in [-0.39, 0.29) is 5.91 Å². The quantitative estimate of drug-likeness (QED) is 0.819. The third-order valence-corrected chi connectivity index (χ3v) is 5.33. The maximum atomic E-state index is 13.1. The highest BCUT2D eigenvalue weighted by Gasteiger charge is 2.41. The number of amides is 1. The molecule has 2 aromatic rings. The van der Waals surface area contributed by atoms with Gasteiger partial charge in [0.15, 0.2) is 0 Å². The highest BCUT2D eigenvalue weighted by molar-refractivity contribution is 5.88. The summed E-state index contributed by atoms with van der Waals surface area (Å²) >= 11 is 0. The molecule has 1 fully saturated rings. The van der Waals surface area contributed by atoms with Gasteiger partial charge in [0, 0.05) is 19.8 Å². The zero-order valence-electron chi connectivity index (χ0n) is 15.8. The minimum Gasteiger partial charge on any atom is -0.381 e. The minimum absolute atomic E-state index is 0.0479. The number of hydrogen-bond donors (Lipinski definition) is 1. The number of nitrogens with one attached hydrogen (secondary N) is 1. The molecule has 3 rings (SSSR count). The van der Waals surface area contributed by atoms with Crippen LogP contribution >= 0.6 is 0 Å². The number of aryl methyl sites for hydroxylation is 1. The molecule has 1 heterocycles. The molecule has 3 nitrogen and oxygen atoms in total. The maximum absolute atomic E-state index is 13.1. The Hall–Kier alpha value is -2.34. The lowest BCUT2D eigenvalue weighted by molar-refractivity contribution is -0.137. The molecular weight excluding hydrogens is 367 g/mol. The topological polar surface area (TPSA) is 38.3 Å². The van der Waals surface area contributed by atoms with Crippen molar-refractivity contribution in [2.45, 2.75) is 37.8 Å². The number of carbonyl (C=O) groups excluding carboxylic acids is 1. The highest BCUT2D eigenvalue weighted by Crippen LogP contribution is 2.35. The molecule has 150 valence electrons. The van der Waals surface area contributed by atoms with Gasteiger partial charge in [-0.2, -0.15) is 13.2 Å². The second-order valence-corrected chi connectivity index (χ2v) is 7.26. The summed E-state index contributed by atoms with van der Waals surface area (Å²) in [6, 6.07) is 13.0. The van der Waals surface area contributed by atoms with E-state index in [1.165, 1.54) is 12.1 Å². The molecule has 0 atom stereocenters. The van der Waals surface area contributed by atoms with Crippen molar-refractivity contribution in [1.29, 1.82) is 0 Å². The molecule has 0 aromatic heterocycles. The van der Waals surface area contributed by atoms with Crippen LogP contribution in [-0.2, 0) is 27.5 Å². The molecule has 1 N–H and O–H groups in total. The lowest BCUT2D eigenvalue weighted by atomic mass is 9.73. The van der Waals surface area contributed by atoms with Gasteiger partial charge in [0.2, 0.25) is 5.91 Å². The first kappa shape index (κ1) is 20.4. The number of hydrogen-bond acceptors (Lipinski definition) is 2. The Labute approximate surface area is 162 Å². The van der Waals surface area contributed by atoms with Crippen LogP contribution in [-0.4, -0.2) is 25.7 Å². The van der Waals surface area contributed by atoms with E-state index in [1.54, 1.807) is 0 Å². The number of rotatable bonds is 5. The highest BCUT2D eigenvalue weighted by atomic mass is 19.4. The van der Waals surface area contributed by atoms with Gasteiger partial charge in [0.05, 0.1) is 11.0 Å². The second kappa shape index (κ2) is 8.35. The number of ether oxygens (including phenoxy) is 1. The van der Waals surface area contributed by atoms with Gasteiger partial charge in [-0.1, -0.05) is 42.0 Å². The first-order valence-electron chi connectivity index (χ1n) is 9.41. The van der Waals surface area contributed by atoms with Gasteiger partial charge in [-0.25, -0.2) is 0 Å². The molecule has 2 aromatic carbocycles. The molecule has 1 saturated heterocycles. The molecule has 6 heteroatoms. The van der Waals surface area contributed by atoms with E-state index in [0.29, 0.717) is 39.0 Å². The number of halogens is 3. The van der Waals surface area contributed by atoms with Crippen molar-refractivity contribution in [3.8, 4) is 0 Å². The summed E-state index contributed by atoms with van der Waals surface area (Å²) < 4.78 is 43.4. The number of benzene rings is 2. The normalized spacial score (nSPS) is 16.6. The zero-order chi connectivity index (χ0) is 20.2. The maximum Gasteiger partial charge on any atom is 0.416 e. The van der Waals surface area contributed by atoms with E-state index in [1.807, 2.05) is 31.2 Å². The SMILES string of the molecule is Cc1cccc(C2(C(=O)NCCc3ccc(C(F)(F)F)cc3)CCOCC2)c1. The summed E-state index contributed by atoms with van der Waals surface area (Å²) in [6.07, 6.45) is -2.63. The van der Waals surface area contributed by atoms with Crippen LogP contribution in [0.5, 0.6) is 0 Å². The van der Waals surface area contributed by atoms with Gasteiger partial charge in [-0.3, -0.25) is 4.79 Å². The van der Waals surface area contributed by atoms with Gasteiger partial charge in [-0.15, -0.1) is 0 Å². The fourth-order valence-electron chi connectivity index (χ4n) is 3.66. The van der Waals surface area contributed by atoms with E-state index in [2.05, 4.69) is 5.32 Å². The second-order valence-electron chi connectivity index (χ2n) is 7.26. The zero-order valence-corrected chi connectivity index (χ0v) is 15.8. The van der Waals surface area contributed by atoms with Gasteiger partial charge in [-0.05, 0) is 49.4 Å². The number of alkyl halides is 3. The lowest BCUT2D eigenvalue weighted by Crippen LogP contribution is -2.48. The van der Waals surface area contributed by atoms with Crippen LogP contribution in [0.4, 0.5) is 13.2 Å². The molecule has 1 aliphatic rings. The van der Waals surface area contributed by atoms with Gasteiger partial charge < -0.3 is 10.1 Å². The van der Waals surface area contributed by atoms with E-state index >= 15 is 0 Å². The Morgan fingerprint density at radius 3 is 2.39 bits per heavy atom. The molecule has 0 radical (unpaired) electrons. The summed E-state index contributed by atoms with van der Waals surface area (Å²) in [5.41, 5.74) is 1.55. The summed E-state index contributed by atoms with van der Waals surface area (Å²) in [6.45, 7) is 3.43. The molecule has 0 aliphatic carbocycles. The molecule has 0 spiro atoms. The van der Waals surface area contributed by atoms with Crippen molar-refractivity contribution in [2.75, 3.05) is 19.8 Å². The minimum atomic E-state index is -4.34. The van der Waals surface area contributed by atoms with Crippen LogP contribution < -0.4 is 5.32 Å². The molecule has 1 amide bonds. The first-order valence-corrected chi connectivity index (χ1v) is 9.41. The predicted octanol–water partition coefficient (Wildman–Crippen LogP) is 4.42. The van der Waals surface area contributed by atoms with Crippen molar-refractivity contribution >= 4 is 5.91 Å². The van der Waals surface area contributed by atoms with Crippen LogP contribution in [0.25, 0.3) is 0 Å². The third kappa shape index (κ3) is 4.55. The van der Waals surface area contributed by atoms with E-state index < -0.39 is 17.2 Å². The fraction of sp³-hybridized carbons (Fsp3) is 0.409. The first-order chi connectivity index (χ1) is 13.3. The summed E-state index contributed by atoms with van der Waals surface area (Å²) in [7, 11) is 0. The van der Waals surface area contributed by atoms with Gasteiger partial charge >= 0.3 is 6.18 Å². The molecular formula is C22H24F3NO2. The van der Waals surface area contributed by atoms with Crippen molar-refractivity contribution in [3.63, 3.8) is 0 Å². The van der Waals surface area contributed by atoms with E-state index in [0.717, 1.165) is 28.8 Å². The summed E-state index contributed by atoms with van der Waals surface area (Å²) in [5.74, 6) is -0.0479. The van der Waals surface area contributed by atoms with Gasteiger partial charge in [0.25, 0.3) is 0 Å². The smallest absolute Gasteiger partial charge is 0.381 e. The third-order valence-electron chi connectivity index (χ3n) is 5.33. The largest absolute Gasteiger partial charge is 0.416 e. The molecule has 0 unspecified atom stereocenters. The van der Waals surface area contributed by atoms with E-state index in [9.17, 15) is 18.0 Å². The van der Waals surface area contributed by atoms with Crippen LogP contribution in [0.3, 0.4) is 0 Å². The number of carbonyl (C=O) groups is 1. The van der Waals surface area contributed by atoms with Crippen LogP contribution in [0.2, 0.25) is 0 Å². The predicted molar refractivity (Wildman–Crippen MR) is 101 cm³/mol. The Morgan fingerprint density at radius 1 is 1.11 bits per heavy atom. The van der Waals surface area contributed by atoms with Crippen LogP contribution in [0, 0.1) is 6.92 Å². The fourth-order valence-corrected chi connectivity index (χ4v) is 3.66. The monoisotopic (exact) mass is 391 g/mol. The standard InChI is InChI=1S/C22H24F3NO2/c1-16-3-2-4-19(15-16)21(10-13-28-14-11-21)20(27)26-12-9-17-5-7-18(8-6-17)22(23,24)25/h2-8,15H,9-14H2,1H3,(H,26,27). The average molecular weight is 391 g/mol. The molecule has 28 heavy (non-hydrogen) atoms. The average Bonchev–Trinajstić information content (AvgIpc) is 2.68. The molecule has 0 saturated carbocycles. The van der Waals surface area contributed by atoms with E-state index in [4.69, 9.17) is 4.74 Å². The molecule has 0 bridgehead atoms. The Balaban J connectivity index is 1.66. The Kier molecular flexibility index (Phi) is 6.08. The summed E-state index contributed by atoms with van der Waals surface area (Å²) in [4.78, 5) is 13.1. The lowest BCUT2D eigenvalue weighted by Gasteiger charge is -2.36.